The maximum atomic E-state index is 11.7. The van der Waals surface area contributed by atoms with E-state index in [1.807, 2.05) is 51.1 Å². The van der Waals surface area contributed by atoms with Gasteiger partial charge in [-0.3, -0.25) is 4.79 Å². The standard InChI is InChI=1S/C14H14O.C2H6/c1-3-14(15)13-9-8-10(2)11-6-4-5-7-12(11)13;1-2/h4-9H,3H2,1-2H3;1-2H3. The molecule has 0 spiro atoms. The largest absolute Gasteiger partial charge is 0.294 e. The number of carbonyl (C=O) groups excluding carboxylic acids is 1. The maximum absolute atomic E-state index is 11.7. The first kappa shape index (κ1) is 13.4. The fourth-order valence-electron chi connectivity index (χ4n) is 1.88. The molecule has 0 amide bonds. The van der Waals surface area contributed by atoms with Gasteiger partial charge in [-0.1, -0.05) is 57.2 Å². The Morgan fingerprint density at radius 2 is 1.59 bits per heavy atom. The Morgan fingerprint density at radius 3 is 2.18 bits per heavy atom. The quantitative estimate of drug-likeness (QED) is 0.677. The van der Waals surface area contributed by atoms with Crippen molar-refractivity contribution in [2.45, 2.75) is 34.1 Å². The first-order valence-electron chi connectivity index (χ1n) is 6.25. The van der Waals surface area contributed by atoms with Gasteiger partial charge in [-0.15, -0.1) is 0 Å². The van der Waals surface area contributed by atoms with E-state index in [4.69, 9.17) is 0 Å². The lowest BCUT2D eigenvalue weighted by Gasteiger charge is -2.06. The summed E-state index contributed by atoms with van der Waals surface area (Å²) in [6.45, 7) is 7.97. The van der Waals surface area contributed by atoms with Crippen LogP contribution >= 0.6 is 0 Å². The monoisotopic (exact) mass is 228 g/mol. The minimum Gasteiger partial charge on any atom is -0.294 e. The molecule has 0 unspecified atom stereocenters. The first-order chi connectivity index (χ1) is 8.24. The summed E-state index contributed by atoms with van der Waals surface area (Å²) >= 11 is 0. The molecule has 90 valence electrons. The highest BCUT2D eigenvalue weighted by Gasteiger charge is 2.08. The van der Waals surface area contributed by atoms with Gasteiger partial charge in [-0.05, 0) is 23.3 Å². The lowest BCUT2D eigenvalue weighted by Crippen LogP contribution is -1.98. The molecular weight excluding hydrogens is 208 g/mol. The molecule has 2 rings (SSSR count). The van der Waals surface area contributed by atoms with Crippen molar-refractivity contribution in [3.63, 3.8) is 0 Å². The molecule has 17 heavy (non-hydrogen) atoms. The number of hydrogen-bond donors (Lipinski definition) is 0. The van der Waals surface area contributed by atoms with Crippen molar-refractivity contribution in [3.8, 4) is 0 Å². The zero-order valence-electron chi connectivity index (χ0n) is 11.1. The third-order valence-electron chi connectivity index (χ3n) is 2.76. The smallest absolute Gasteiger partial charge is 0.163 e. The van der Waals surface area contributed by atoms with E-state index in [9.17, 15) is 4.79 Å². The molecule has 2 aromatic rings. The molecule has 1 nitrogen and oxygen atoms in total. The number of rotatable bonds is 2. The van der Waals surface area contributed by atoms with Crippen molar-refractivity contribution >= 4 is 16.6 Å². The molecule has 0 aromatic heterocycles. The zero-order valence-corrected chi connectivity index (χ0v) is 11.1. The van der Waals surface area contributed by atoms with E-state index in [0.717, 1.165) is 10.9 Å². The van der Waals surface area contributed by atoms with Crippen LogP contribution in [-0.2, 0) is 0 Å². The van der Waals surface area contributed by atoms with E-state index >= 15 is 0 Å². The second-order valence-electron chi connectivity index (χ2n) is 3.75. The Morgan fingerprint density at radius 1 is 1.00 bits per heavy atom. The number of ketones is 1. The van der Waals surface area contributed by atoms with Crippen LogP contribution in [0.2, 0.25) is 0 Å². The van der Waals surface area contributed by atoms with Gasteiger partial charge in [0.15, 0.2) is 5.78 Å². The molecule has 0 radical (unpaired) electrons. The molecule has 2 aromatic carbocycles. The number of fused-ring (bicyclic) bond motifs is 1. The van der Waals surface area contributed by atoms with Crippen LogP contribution in [0.5, 0.6) is 0 Å². The molecule has 0 bridgehead atoms. The Balaban J connectivity index is 0.000000686. The van der Waals surface area contributed by atoms with Crippen LogP contribution < -0.4 is 0 Å². The molecule has 0 heterocycles. The minimum atomic E-state index is 0.214. The van der Waals surface area contributed by atoms with Crippen LogP contribution in [0.3, 0.4) is 0 Å². The van der Waals surface area contributed by atoms with Crippen LogP contribution in [0, 0.1) is 6.92 Å². The lowest BCUT2D eigenvalue weighted by molar-refractivity contribution is 0.0990. The number of carbonyl (C=O) groups is 1. The maximum Gasteiger partial charge on any atom is 0.163 e. The summed E-state index contributed by atoms with van der Waals surface area (Å²) in [5.74, 6) is 0.214. The van der Waals surface area contributed by atoms with Crippen molar-refractivity contribution in [1.82, 2.24) is 0 Å². The third-order valence-corrected chi connectivity index (χ3v) is 2.76. The predicted molar refractivity (Wildman–Crippen MR) is 74.7 cm³/mol. The average molecular weight is 228 g/mol. The van der Waals surface area contributed by atoms with Crippen molar-refractivity contribution in [1.29, 1.82) is 0 Å². The van der Waals surface area contributed by atoms with Crippen molar-refractivity contribution in [3.05, 3.63) is 47.5 Å². The van der Waals surface area contributed by atoms with Gasteiger partial charge in [0.2, 0.25) is 0 Å². The Labute approximate surface area is 103 Å². The van der Waals surface area contributed by atoms with Gasteiger partial charge < -0.3 is 0 Å². The molecule has 0 aliphatic rings. The fraction of sp³-hybridized carbons (Fsp3) is 0.312. The van der Waals surface area contributed by atoms with Gasteiger partial charge in [-0.2, -0.15) is 0 Å². The fourth-order valence-corrected chi connectivity index (χ4v) is 1.88. The van der Waals surface area contributed by atoms with Crippen LogP contribution in [0.4, 0.5) is 0 Å². The van der Waals surface area contributed by atoms with E-state index < -0.39 is 0 Å². The van der Waals surface area contributed by atoms with Crippen LogP contribution in [0.25, 0.3) is 10.8 Å². The van der Waals surface area contributed by atoms with Crippen LogP contribution in [-0.4, -0.2) is 5.78 Å². The second-order valence-corrected chi connectivity index (χ2v) is 3.75. The number of aryl methyl sites for hydroxylation is 1. The van der Waals surface area contributed by atoms with Crippen LogP contribution in [0.1, 0.15) is 43.1 Å². The highest BCUT2D eigenvalue weighted by molar-refractivity contribution is 6.08. The predicted octanol–water partition coefficient (Wildman–Crippen LogP) is 4.77. The summed E-state index contributed by atoms with van der Waals surface area (Å²) in [4.78, 5) is 11.7. The van der Waals surface area contributed by atoms with Crippen molar-refractivity contribution < 1.29 is 4.79 Å². The molecule has 0 atom stereocenters. The van der Waals surface area contributed by atoms with Crippen LogP contribution in [0.15, 0.2) is 36.4 Å². The lowest BCUT2D eigenvalue weighted by atomic mass is 9.97. The van der Waals surface area contributed by atoms with Gasteiger partial charge in [-0.25, -0.2) is 0 Å². The van der Waals surface area contributed by atoms with Crippen molar-refractivity contribution in [2.75, 3.05) is 0 Å². The second kappa shape index (κ2) is 6.19. The van der Waals surface area contributed by atoms with E-state index in [1.165, 1.54) is 10.9 Å². The molecule has 0 aliphatic heterocycles. The SMILES string of the molecule is CC.CCC(=O)c1ccc(C)c2ccccc12. The van der Waals surface area contributed by atoms with E-state index in [2.05, 4.69) is 13.0 Å². The highest BCUT2D eigenvalue weighted by atomic mass is 16.1. The summed E-state index contributed by atoms with van der Waals surface area (Å²) in [7, 11) is 0. The van der Waals surface area contributed by atoms with Crippen molar-refractivity contribution in [2.24, 2.45) is 0 Å². The van der Waals surface area contributed by atoms with E-state index in [-0.39, 0.29) is 5.78 Å². The van der Waals surface area contributed by atoms with Gasteiger partial charge in [0.25, 0.3) is 0 Å². The summed E-state index contributed by atoms with van der Waals surface area (Å²) < 4.78 is 0. The summed E-state index contributed by atoms with van der Waals surface area (Å²) in [5.41, 5.74) is 2.07. The molecule has 0 aliphatic carbocycles. The Hall–Kier alpha value is -1.63. The van der Waals surface area contributed by atoms with Gasteiger partial charge >= 0.3 is 0 Å². The van der Waals surface area contributed by atoms with Gasteiger partial charge in [0.05, 0.1) is 0 Å². The van der Waals surface area contributed by atoms with Gasteiger partial charge in [0.1, 0.15) is 0 Å². The Kier molecular flexibility index (Phi) is 4.89. The van der Waals surface area contributed by atoms with E-state index in [0.29, 0.717) is 6.42 Å². The molecular formula is C16H20O. The Bertz CT molecular complexity index is 512. The van der Waals surface area contributed by atoms with Gasteiger partial charge in [0, 0.05) is 12.0 Å². The third kappa shape index (κ3) is 2.73. The highest BCUT2D eigenvalue weighted by Crippen LogP contribution is 2.23. The number of Topliss-reactive ketones (excluding diaryl/α,β-unsaturated/α-hetero) is 1. The molecule has 0 N–H and O–H groups in total. The zero-order chi connectivity index (χ0) is 12.8. The summed E-state index contributed by atoms with van der Waals surface area (Å²) in [5, 5.41) is 2.25. The average Bonchev–Trinajstić information content (AvgIpc) is 2.41. The number of benzene rings is 2. The molecule has 0 saturated heterocycles. The molecule has 1 heteroatoms. The summed E-state index contributed by atoms with van der Waals surface area (Å²) in [6, 6.07) is 12.0. The first-order valence-corrected chi connectivity index (χ1v) is 6.25. The van der Waals surface area contributed by atoms with E-state index in [1.54, 1.807) is 0 Å². The molecule has 0 saturated carbocycles. The minimum absolute atomic E-state index is 0.214. The topological polar surface area (TPSA) is 17.1 Å². The normalized spacial score (nSPS) is 9.65. The number of hydrogen-bond acceptors (Lipinski definition) is 1. The molecule has 0 fully saturated rings. The summed E-state index contributed by atoms with van der Waals surface area (Å²) in [6.07, 6.45) is 0.563.